The fourth-order valence-electron chi connectivity index (χ4n) is 1.93. The number of aliphatic carboxylic acids is 1. The molecule has 1 atom stereocenters. The van der Waals surface area contributed by atoms with E-state index in [1.165, 1.54) is 6.92 Å². The van der Waals surface area contributed by atoms with Crippen LogP contribution in [-0.2, 0) is 14.6 Å². The molecule has 2 amide bonds. The van der Waals surface area contributed by atoms with E-state index < -0.39 is 33.9 Å². The number of hydrogen-bond donors (Lipinski definition) is 4. The Morgan fingerprint density at radius 3 is 2.35 bits per heavy atom. The molecule has 9 heteroatoms. The number of amides is 2. The second kappa shape index (κ2) is 6.40. The zero-order valence-corrected chi connectivity index (χ0v) is 12.1. The first kappa shape index (κ1) is 16.7. The maximum atomic E-state index is 11.6. The standard InChI is InChI=1S/C11H20N2O6S/c1-11(17,6-9(14)15)7-12-10(16)13-8-2-4-20(18,19)5-3-8/h8,17H,2-7H2,1H3,(H,14,15)(H2,12,13,16). The predicted molar refractivity (Wildman–Crippen MR) is 71.1 cm³/mol. The summed E-state index contributed by atoms with van der Waals surface area (Å²) < 4.78 is 22.4. The zero-order chi connectivity index (χ0) is 15.4. The molecule has 8 nitrogen and oxygen atoms in total. The van der Waals surface area contributed by atoms with E-state index in [2.05, 4.69) is 10.6 Å². The normalized spacial score (nSPS) is 21.7. The maximum absolute atomic E-state index is 11.6. The molecule has 1 fully saturated rings. The summed E-state index contributed by atoms with van der Waals surface area (Å²) in [5.41, 5.74) is -1.53. The second-order valence-electron chi connectivity index (χ2n) is 5.32. The molecule has 0 aromatic carbocycles. The Morgan fingerprint density at radius 2 is 1.85 bits per heavy atom. The number of carboxylic acid groups (broad SMARTS) is 1. The number of sulfone groups is 1. The van der Waals surface area contributed by atoms with Crippen LogP contribution < -0.4 is 10.6 Å². The van der Waals surface area contributed by atoms with Gasteiger partial charge in [0, 0.05) is 12.6 Å². The van der Waals surface area contributed by atoms with Gasteiger partial charge in [-0.15, -0.1) is 0 Å². The number of carboxylic acids is 1. The van der Waals surface area contributed by atoms with Crippen LogP contribution in [0.15, 0.2) is 0 Å². The van der Waals surface area contributed by atoms with Crippen molar-refractivity contribution in [1.82, 2.24) is 10.6 Å². The first-order valence-electron chi connectivity index (χ1n) is 6.29. The Balaban J connectivity index is 2.32. The van der Waals surface area contributed by atoms with Crippen LogP contribution in [-0.4, -0.2) is 60.3 Å². The van der Waals surface area contributed by atoms with Gasteiger partial charge in [-0.2, -0.15) is 0 Å². The second-order valence-corrected chi connectivity index (χ2v) is 7.62. The van der Waals surface area contributed by atoms with Crippen LogP contribution in [0.2, 0.25) is 0 Å². The molecule has 0 bridgehead atoms. The van der Waals surface area contributed by atoms with Crippen molar-refractivity contribution >= 4 is 21.8 Å². The number of carbonyl (C=O) groups is 2. The van der Waals surface area contributed by atoms with Crippen molar-refractivity contribution in [3.8, 4) is 0 Å². The van der Waals surface area contributed by atoms with E-state index in [0.29, 0.717) is 12.8 Å². The SMILES string of the molecule is CC(O)(CNC(=O)NC1CCS(=O)(=O)CC1)CC(=O)O. The minimum Gasteiger partial charge on any atom is -0.481 e. The molecule has 1 heterocycles. The van der Waals surface area contributed by atoms with Gasteiger partial charge in [-0.3, -0.25) is 4.79 Å². The van der Waals surface area contributed by atoms with Crippen molar-refractivity contribution in [2.24, 2.45) is 0 Å². The molecule has 0 aromatic heterocycles. The van der Waals surface area contributed by atoms with Gasteiger partial charge >= 0.3 is 12.0 Å². The van der Waals surface area contributed by atoms with Crippen LogP contribution in [0.5, 0.6) is 0 Å². The van der Waals surface area contributed by atoms with Gasteiger partial charge in [-0.1, -0.05) is 0 Å². The van der Waals surface area contributed by atoms with Crippen molar-refractivity contribution in [3.63, 3.8) is 0 Å². The van der Waals surface area contributed by atoms with E-state index in [4.69, 9.17) is 5.11 Å². The molecular formula is C11H20N2O6S. The van der Waals surface area contributed by atoms with Gasteiger partial charge in [-0.25, -0.2) is 13.2 Å². The number of nitrogens with one attached hydrogen (secondary N) is 2. The van der Waals surface area contributed by atoms with Crippen LogP contribution in [0.25, 0.3) is 0 Å². The number of aliphatic hydroxyl groups is 1. The highest BCUT2D eigenvalue weighted by Crippen LogP contribution is 2.12. The highest BCUT2D eigenvalue weighted by molar-refractivity contribution is 7.91. The topological polar surface area (TPSA) is 133 Å². The van der Waals surface area contributed by atoms with Crippen molar-refractivity contribution in [1.29, 1.82) is 0 Å². The quantitative estimate of drug-likeness (QED) is 0.519. The fraction of sp³-hybridized carbons (Fsp3) is 0.818. The molecule has 1 unspecified atom stereocenters. The minimum atomic E-state index is -2.98. The number of urea groups is 1. The van der Waals surface area contributed by atoms with E-state index in [9.17, 15) is 23.1 Å². The monoisotopic (exact) mass is 308 g/mol. The molecule has 116 valence electrons. The average molecular weight is 308 g/mol. The molecule has 1 aliphatic heterocycles. The maximum Gasteiger partial charge on any atom is 0.315 e. The van der Waals surface area contributed by atoms with Gasteiger partial charge < -0.3 is 20.8 Å². The molecule has 0 aliphatic carbocycles. The van der Waals surface area contributed by atoms with Gasteiger partial charge in [-0.05, 0) is 19.8 Å². The van der Waals surface area contributed by atoms with E-state index in [0.717, 1.165) is 0 Å². The lowest BCUT2D eigenvalue weighted by Gasteiger charge is -2.25. The van der Waals surface area contributed by atoms with E-state index in [1.54, 1.807) is 0 Å². The predicted octanol–water partition coefficient (Wildman–Crippen LogP) is -0.911. The molecule has 1 aliphatic rings. The molecule has 0 saturated carbocycles. The summed E-state index contributed by atoms with van der Waals surface area (Å²) in [6.07, 6.45) is 0.248. The van der Waals surface area contributed by atoms with Gasteiger partial charge in [0.2, 0.25) is 0 Å². The Bertz CT molecular complexity index is 459. The summed E-state index contributed by atoms with van der Waals surface area (Å²) in [5.74, 6) is -1.06. The Hall–Kier alpha value is -1.35. The van der Waals surface area contributed by atoms with Crippen molar-refractivity contribution < 1.29 is 28.2 Å². The average Bonchev–Trinajstić information content (AvgIpc) is 2.28. The Kier molecular flexibility index (Phi) is 5.35. The number of hydrogen-bond acceptors (Lipinski definition) is 5. The van der Waals surface area contributed by atoms with Crippen LogP contribution >= 0.6 is 0 Å². The molecule has 0 spiro atoms. The highest BCUT2D eigenvalue weighted by Gasteiger charge is 2.27. The van der Waals surface area contributed by atoms with E-state index in [-0.39, 0.29) is 24.1 Å². The van der Waals surface area contributed by atoms with Crippen molar-refractivity contribution in [2.45, 2.75) is 37.8 Å². The fourth-order valence-corrected chi connectivity index (χ4v) is 3.42. The van der Waals surface area contributed by atoms with Crippen LogP contribution in [0, 0.1) is 0 Å². The third kappa shape index (κ3) is 6.20. The summed E-state index contributed by atoms with van der Waals surface area (Å²) >= 11 is 0. The van der Waals surface area contributed by atoms with Gasteiger partial charge in [0.1, 0.15) is 9.84 Å². The minimum absolute atomic E-state index is 0.0503. The molecular weight excluding hydrogens is 288 g/mol. The first-order valence-corrected chi connectivity index (χ1v) is 8.11. The highest BCUT2D eigenvalue weighted by atomic mass is 32.2. The van der Waals surface area contributed by atoms with Gasteiger partial charge in [0.15, 0.2) is 0 Å². The summed E-state index contributed by atoms with van der Waals surface area (Å²) in [5, 5.41) is 23.3. The Labute approximate surface area is 117 Å². The largest absolute Gasteiger partial charge is 0.481 e. The molecule has 1 saturated heterocycles. The first-order chi connectivity index (χ1) is 9.10. The molecule has 20 heavy (non-hydrogen) atoms. The van der Waals surface area contributed by atoms with E-state index in [1.807, 2.05) is 0 Å². The summed E-state index contributed by atoms with van der Waals surface area (Å²) in [6.45, 7) is 1.12. The summed E-state index contributed by atoms with van der Waals surface area (Å²) in [6, 6.07) is -0.761. The summed E-state index contributed by atoms with van der Waals surface area (Å²) in [4.78, 5) is 22.1. The lowest BCUT2D eigenvalue weighted by molar-refractivity contribution is -0.141. The van der Waals surface area contributed by atoms with E-state index >= 15 is 0 Å². The molecule has 0 radical (unpaired) electrons. The van der Waals surface area contributed by atoms with Gasteiger partial charge in [0.25, 0.3) is 0 Å². The molecule has 1 rings (SSSR count). The molecule has 0 aromatic rings. The number of rotatable bonds is 5. The lowest BCUT2D eigenvalue weighted by Crippen LogP contribution is -2.49. The third-order valence-electron chi connectivity index (χ3n) is 3.05. The van der Waals surface area contributed by atoms with Crippen LogP contribution in [0.4, 0.5) is 4.79 Å². The zero-order valence-electron chi connectivity index (χ0n) is 11.3. The van der Waals surface area contributed by atoms with Crippen LogP contribution in [0.1, 0.15) is 26.2 Å². The summed E-state index contributed by atoms with van der Waals surface area (Å²) in [7, 11) is -2.98. The van der Waals surface area contributed by atoms with Crippen LogP contribution in [0.3, 0.4) is 0 Å². The smallest absolute Gasteiger partial charge is 0.315 e. The molecule has 4 N–H and O–H groups in total. The Morgan fingerprint density at radius 1 is 1.30 bits per heavy atom. The van der Waals surface area contributed by atoms with Crippen molar-refractivity contribution in [2.75, 3.05) is 18.1 Å². The third-order valence-corrected chi connectivity index (χ3v) is 4.77. The lowest BCUT2D eigenvalue weighted by atomic mass is 10.0. The van der Waals surface area contributed by atoms with Crippen molar-refractivity contribution in [3.05, 3.63) is 0 Å². The number of carbonyl (C=O) groups excluding carboxylic acids is 1. The van der Waals surface area contributed by atoms with Gasteiger partial charge in [0.05, 0.1) is 23.5 Å².